The van der Waals surface area contributed by atoms with Gasteiger partial charge in [-0.3, -0.25) is 4.90 Å². The zero-order valence-electron chi connectivity index (χ0n) is 13.9. The quantitative estimate of drug-likeness (QED) is 0.899. The van der Waals surface area contributed by atoms with Crippen molar-refractivity contribution in [3.63, 3.8) is 0 Å². The summed E-state index contributed by atoms with van der Waals surface area (Å²) in [6.45, 7) is 5.32. The van der Waals surface area contributed by atoms with E-state index in [0.717, 1.165) is 36.7 Å². The van der Waals surface area contributed by atoms with E-state index in [2.05, 4.69) is 33.9 Å². The predicted molar refractivity (Wildman–Crippen MR) is 94.7 cm³/mol. The van der Waals surface area contributed by atoms with E-state index in [1.807, 2.05) is 18.2 Å². The molecule has 0 amide bonds. The third-order valence-electron chi connectivity index (χ3n) is 4.61. The number of benzene rings is 1. The van der Waals surface area contributed by atoms with Crippen LogP contribution in [-0.2, 0) is 6.54 Å². The van der Waals surface area contributed by atoms with Crippen LogP contribution in [0.15, 0.2) is 24.3 Å². The van der Waals surface area contributed by atoms with Crippen molar-refractivity contribution in [1.29, 1.82) is 5.26 Å². The van der Waals surface area contributed by atoms with Crippen LogP contribution in [0.3, 0.4) is 0 Å². The number of nitriles is 1. The third-order valence-corrected chi connectivity index (χ3v) is 4.61. The van der Waals surface area contributed by atoms with Crippen LogP contribution in [0.4, 0.5) is 11.8 Å². The Balaban J connectivity index is 1.97. The fourth-order valence-corrected chi connectivity index (χ4v) is 3.15. The summed E-state index contributed by atoms with van der Waals surface area (Å²) in [5.41, 5.74) is 14.4. The zero-order valence-corrected chi connectivity index (χ0v) is 13.9. The van der Waals surface area contributed by atoms with Crippen molar-refractivity contribution >= 4 is 11.8 Å². The highest BCUT2D eigenvalue weighted by Gasteiger charge is 2.19. The summed E-state index contributed by atoms with van der Waals surface area (Å²) >= 11 is 0. The highest BCUT2D eigenvalue weighted by atomic mass is 15.1. The smallest absolute Gasteiger partial charge is 0.222 e. The molecule has 0 aliphatic carbocycles. The number of nitrogen functional groups attached to an aromatic ring is 2. The van der Waals surface area contributed by atoms with E-state index in [4.69, 9.17) is 11.5 Å². The molecule has 2 heterocycles. The van der Waals surface area contributed by atoms with Gasteiger partial charge in [-0.2, -0.15) is 10.2 Å². The fourth-order valence-electron chi connectivity index (χ4n) is 3.15. The van der Waals surface area contributed by atoms with E-state index >= 15 is 0 Å². The van der Waals surface area contributed by atoms with E-state index in [1.54, 1.807) is 0 Å². The number of nitrogens with two attached hydrogens (primary N) is 2. The number of anilines is 2. The van der Waals surface area contributed by atoms with Gasteiger partial charge in [-0.1, -0.05) is 31.2 Å². The Morgan fingerprint density at radius 2 is 1.92 bits per heavy atom. The average molecular weight is 322 g/mol. The number of rotatable bonds is 3. The molecule has 2 aromatic rings. The molecule has 24 heavy (non-hydrogen) atoms. The summed E-state index contributed by atoms with van der Waals surface area (Å²) in [6.07, 6.45) is 2.44. The van der Waals surface area contributed by atoms with Gasteiger partial charge in [0.05, 0.1) is 5.69 Å². The van der Waals surface area contributed by atoms with Gasteiger partial charge < -0.3 is 11.5 Å². The number of likely N-dealkylation sites (tertiary alicyclic amines) is 1. The molecule has 1 aromatic carbocycles. The molecule has 1 aromatic heterocycles. The molecular formula is C18H22N6. The summed E-state index contributed by atoms with van der Waals surface area (Å²) in [6, 6.07) is 10.1. The molecule has 6 heteroatoms. The number of nitrogens with zero attached hydrogens (tertiary/aromatic N) is 4. The normalized spacial score (nSPS) is 16.0. The van der Waals surface area contributed by atoms with Gasteiger partial charge in [0.2, 0.25) is 5.95 Å². The third kappa shape index (κ3) is 3.31. The second kappa shape index (κ2) is 6.85. The maximum Gasteiger partial charge on any atom is 0.222 e. The molecule has 0 atom stereocenters. The largest absolute Gasteiger partial charge is 0.382 e. The lowest BCUT2D eigenvalue weighted by molar-refractivity contribution is 0.185. The topological polar surface area (TPSA) is 105 Å². The molecule has 124 valence electrons. The number of aromatic nitrogens is 2. The molecule has 0 unspecified atom stereocenters. The van der Waals surface area contributed by atoms with Gasteiger partial charge in [0.25, 0.3) is 0 Å². The number of piperidine rings is 1. The Morgan fingerprint density at radius 1 is 1.21 bits per heavy atom. The molecular weight excluding hydrogens is 300 g/mol. The molecule has 0 bridgehead atoms. The van der Waals surface area contributed by atoms with E-state index in [0.29, 0.717) is 5.69 Å². The van der Waals surface area contributed by atoms with Gasteiger partial charge in [-0.15, -0.1) is 0 Å². The van der Waals surface area contributed by atoms with Crippen molar-refractivity contribution in [2.45, 2.75) is 26.3 Å². The van der Waals surface area contributed by atoms with Crippen LogP contribution in [0.1, 0.15) is 30.9 Å². The van der Waals surface area contributed by atoms with Crippen molar-refractivity contribution in [3.05, 3.63) is 35.4 Å². The molecule has 1 aliphatic heterocycles. The summed E-state index contributed by atoms with van der Waals surface area (Å²) < 4.78 is 0. The van der Waals surface area contributed by atoms with Crippen molar-refractivity contribution in [2.24, 2.45) is 5.92 Å². The molecule has 1 saturated heterocycles. The molecule has 6 nitrogen and oxygen atoms in total. The summed E-state index contributed by atoms with van der Waals surface area (Å²) in [5.74, 6) is 1.01. The van der Waals surface area contributed by atoms with Gasteiger partial charge in [0.15, 0.2) is 0 Å². The van der Waals surface area contributed by atoms with E-state index in [1.165, 1.54) is 12.8 Å². The summed E-state index contributed by atoms with van der Waals surface area (Å²) in [5, 5.41) is 9.43. The minimum Gasteiger partial charge on any atom is -0.382 e. The fraction of sp³-hybridized carbons (Fsp3) is 0.389. The van der Waals surface area contributed by atoms with Crippen LogP contribution in [0.25, 0.3) is 11.3 Å². The summed E-state index contributed by atoms with van der Waals surface area (Å²) in [7, 11) is 0. The molecule has 0 spiro atoms. The Morgan fingerprint density at radius 3 is 2.62 bits per heavy atom. The Hall–Kier alpha value is -2.65. The van der Waals surface area contributed by atoms with Gasteiger partial charge in [-0.25, -0.2) is 4.98 Å². The Labute approximate surface area is 142 Å². The first-order valence-corrected chi connectivity index (χ1v) is 8.22. The van der Waals surface area contributed by atoms with Crippen LogP contribution in [-0.4, -0.2) is 28.0 Å². The Bertz CT molecular complexity index is 772. The second-order valence-electron chi connectivity index (χ2n) is 6.42. The SMILES string of the molecule is CC1CCN(Cc2ccccc2-c2nc(N)nc(N)c2C#N)CC1. The second-order valence-corrected chi connectivity index (χ2v) is 6.42. The van der Waals surface area contributed by atoms with Crippen molar-refractivity contribution < 1.29 is 0 Å². The summed E-state index contributed by atoms with van der Waals surface area (Å²) in [4.78, 5) is 10.6. The van der Waals surface area contributed by atoms with Gasteiger partial charge in [0, 0.05) is 12.1 Å². The van der Waals surface area contributed by atoms with E-state index in [9.17, 15) is 5.26 Å². The molecule has 1 aliphatic rings. The minimum atomic E-state index is 0.0862. The number of hydrogen-bond acceptors (Lipinski definition) is 6. The monoisotopic (exact) mass is 322 g/mol. The van der Waals surface area contributed by atoms with Gasteiger partial charge in [-0.05, 0) is 37.4 Å². The van der Waals surface area contributed by atoms with Crippen LogP contribution in [0.2, 0.25) is 0 Å². The van der Waals surface area contributed by atoms with Crippen molar-refractivity contribution in [2.75, 3.05) is 24.6 Å². The van der Waals surface area contributed by atoms with Gasteiger partial charge in [0.1, 0.15) is 17.5 Å². The lowest BCUT2D eigenvalue weighted by Gasteiger charge is -2.30. The van der Waals surface area contributed by atoms with Crippen LogP contribution < -0.4 is 11.5 Å². The van der Waals surface area contributed by atoms with Crippen LogP contribution >= 0.6 is 0 Å². The molecule has 3 rings (SSSR count). The van der Waals surface area contributed by atoms with E-state index in [-0.39, 0.29) is 17.3 Å². The van der Waals surface area contributed by atoms with Gasteiger partial charge >= 0.3 is 0 Å². The molecule has 0 radical (unpaired) electrons. The highest BCUT2D eigenvalue weighted by Crippen LogP contribution is 2.29. The first-order chi connectivity index (χ1) is 11.6. The maximum absolute atomic E-state index is 9.43. The van der Waals surface area contributed by atoms with Crippen molar-refractivity contribution in [1.82, 2.24) is 14.9 Å². The lowest BCUT2D eigenvalue weighted by atomic mass is 9.97. The lowest BCUT2D eigenvalue weighted by Crippen LogP contribution is -2.32. The first kappa shape index (κ1) is 16.2. The van der Waals surface area contributed by atoms with Crippen LogP contribution in [0.5, 0.6) is 0 Å². The van der Waals surface area contributed by atoms with Crippen molar-refractivity contribution in [3.8, 4) is 17.3 Å². The van der Waals surface area contributed by atoms with E-state index < -0.39 is 0 Å². The molecule has 1 fully saturated rings. The minimum absolute atomic E-state index is 0.0862. The molecule has 0 saturated carbocycles. The highest BCUT2D eigenvalue weighted by molar-refractivity contribution is 5.75. The average Bonchev–Trinajstić information content (AvgIpc) is 2.57. The Kier molecular flexibility index (Phi) is 4.63. The maximum atomic E-state index is 9.43. The van der Waals surface area contributed by atoms with Crippen LogP contribution in [0, 0.1) is 17.2 Å². The standard InChI is InChI=1S/C18H22N6/c1-12-6-8-24(9-7-12)11-13-4-2-3-5-14(13)16-15(10-19)17(20)23-18(21)22-16/h2-5,12H,6-9,11H2,1H3,(H4,20,21,22,23). The first-order valence-electron chi connectivity index (χ1n) is 8.22. The zero-order chi connectivity index (χ0) is 17.1. The molecule has 4 N–H and O–H groups in total. The number of hydrogen-bond donors (Lipinski definition) is 2. The predicted octanol–water partition coefficient (Wildman–Crippen LogP) is 2.41.